The largest absolute Gasteiger partial charge is 0.488 e. The van der Waals surface area contributed by atoms with Gasteiger partial charge in [0.25, 0.3) is 0 Å². The van der Waals surface area contributed by atoms with Crippen LogP contribution in [0.2, 0.25) is 0 Å². The lowest BCUT2D eigenvalue weighted by atomic mass is 10.1. The van der Waals surface area contributed by atoms with Crippen LogP contribution in [-0.4, -0.2) is 28.4 Å². The number of ether oxygens (including phenoxy) is 1. The fraction of sp³-hybridized carbons (Fsp3) is 0.364. The van der Waals surface area contributed by atoms with Gasteiger partial charge in [-0.2, -0.15) is 5.06 Å². The maximum atomic E-state index is 10.8. The SMILES string of the molecule is CC(C1Cc2ccccc2O1)N(O)C(N)=O. The fourth-order valence-electron chi connectivity index (χ4n) is 1.84. The lowest BCUT2D eigenvalue weighted by Gasteiger charge is -2.25. The van der Waals surface area contributed by atoms with Crippen LogP contribution in [-0.2, 0) is 6.42 Å². The molecule has 0 saturated heterocycles. The minimum atomic E-state index is -0.868. The van der Waals surface area contributed by atoms with Gasteiger partial charge in [0.1, 0.15) is 11.9 Å². The minimum Gasteiger partial charge on any atom is -0.488 e. The number of nitrogens with two attached hydrogens (primary N) is 1. The van der Waals surface area contributed by atoms with Crippen LogP contribution in [0.4, 0.5) is 4.79 Å². The van der Waals surface area contributed by atoms with Crippen LogP contribution in [0.25, 0.3) is 0 Å². The predicted octanol–water partition coefficient (Wildman–Crippen LogP) is 1.15. The molecule has 3 N–H and O–H groups in total. The van der Waals surface area contributed by atoms with Gasteiger partial charge in [0, 0.05) is 6.42 Å². The third-order valence-electron chi connectivity index (χ3n) is 2.82. The molecule has 1 aliphatic rings. The normalized spacial score (nSPS) is 19.8. The third kappa shape index (κ3) is 1.81. The summed E-state index contributed by atoms with van der Waals surface area (Å²) in [6.07, 6.45) is 0.414. The summed E-state index contributed by atoms with van der Waals surface area (Å²) in [4.78, 5) is 10.8. The number of benzene rings is 1. The molecule has 2 unspecified atom stereocenters. The number of carbonyl (C=O) groups is 1. The fourth-order valence-corrected chi connectivity index (χ4v) is 1.84. The molecule has 2 atom stereocenters. The van der Waals surface area contributed by atoms with E-state index in [0.29, 0.717) is 11.5 Å². The Labute approximate surface area is 93.4 Å². The molecule has 0 aliphatic carbocycles. The predicted molar refractivity (Wildman–Crippen MR) is 57.2 cm³/mol. The van der Waals surface area contributed by atoms with Crippen molar-refractivity contribution >= 4 is 6.03 Å². The van der Waals surface area contributed by atoms with Crippen molar-refractivity contribution in [3.8, 4) is 5.75 Å². The number of carbonyl (C=O) groups excluding carboxylic acids is 1. The van der Waals surface area contributed by atoms with Crippen LogP contribution >= 0.6 is 0 Å². The number of urea groups is 1. The molecule has 0 aromatic heterocycles. The van der Waals surface area contributed by atoms with Crippen molar-refractivity contribution in [2.45, 2.75) is 25.5 Å². The van der Waals surface area contributed by atoms with Gasteiger partial charge in [0.2, 0.25) is 0 Å². The van der Waals surface area contributed by atoms with Crippen molar-refractivity contribution in [2.75, 3.05) is 0 Å². The first-order chi connectivity index (χ1) is 7.59. The summed E-state index contributed by atoms with van der Waals surface area (Å²) in [6, 6.07) is 6.32. The molecule has 5 nitrogen and oxygen atoms in total. The number of hydrogen-bond donors (Lipinski definition) is 2. The van der Waals surface area contributed by atoms with Crippen LogP contribution < -0.4 is 10.5 Å². The molecule has 0 saturated carbocycles. The molecule has 0 radical (unpaired) electrons. The van der Waals surface area contributed by atoms with E-state index in [1.165, 1.54) is 0 Å². The molecule has 86 valence electrons. The Morgan fingerprint density at radius 3 is 2.94 bits per heavy atom. The number of amides is 2. The molecule has 2 amide bonds. The Bertz CT molecular complexity index is 383. The Balaban J connectivity index is 2.09. The molecule has 1 aromatic rings. The Morgan fingerprint density at radius 1 is 1.62 bits per heavy atom. The van der Waals surface area contributed by atoms with Gasteiger partial charge in [-0.1, -0.05) is 18.2 Å². The summed E-state index contributed by atoms with van der Waals surface area (Å²) in [5.74, 6) is 0.803. The second-order valence-electron chi connectivity index (χ2n) is 3.89. The molecular weight excluding hydrogens is 208 g/mol. The topological polar surface area (TPSA) is 75.8 Å². The van der Waals surface area contributed by atoms with E-state index in [2.05, 4.69) is 0 Å². The molecule has 1 heterocycles. The first-order valence-corrected chi connectivity index (χ1v) is 5.11. The first kappa shape index (κ1) is 10.8. The number of hydroxylamine groups is 2. The number of hydrogen-bond acceptors (Lipinski definition) is 3. The zero-order valence-corrected chi connectivity index (χ0v) is 8.96. The van der Waals surface area contributed by atoms with Gasteiger partial charge in [-0.15, -0.1) is 0 Å². The summed E-state index contributed by atoms with van der Waals surface area (Å²) in [7, 11) is 0. The summed E-state index contributed by atoms with van der Waals surface area (Å²) < 4.78 is 5.63. The van der Waals surface area contributed by atoms with Crippen LogP contribution in [0.3, 0.4) is 0 Å². The van der Waals surface area contributed by atoms with Crippen LogP contribution in [0.5, 0.6) is 5.75 Å². The highest BCUT2D eigenvalue weighted by Crippen LogP contribution is 2.30. The Hall–Kier alpha value is -1.75. The third-order valence-corrected chi connectivity index (χ3v) is 2.82. The molecule has 0 fully saturated rings. The van der Waals surface area contributed by atoms with E-state index in [4.69, 9.17) is 10.5 Å². The van der Waals surface area contributed by atoms with Gasteiger partial charge in [-0.3, -0.25) is 5.21 Å². The van der Waals surface area contributed by atoms with E-state index in [0.717, 1.165) is 11.3 Å². The van der Waals surface area contributed by atoms with Crippen LogP contribution in [0.15, 0.2) is 24.3 Å². The zero-order chi connectivity index (χ0) is 11.7. The Kier molecular flexibility index (Phi) is 2.70. The molecule has 0 bridgehead atoms. The van der Waals surface area contributed by atoms with Crippen molar-refractivity contribution < 1.29 is 14.7 Å². The van der Waals surface area contributed by atoms with Gasteiger partial charge >= 0.3 is 6.03 Å². The maximum absolute atomic E-state index is 10.8. The van der Waals surface area contributed by atoms with Crippen molar-refractivity contribution in [3.63, 3.8) is 0 Å². The van der Waals surface area contributed by atoms with E-state index in [9.17, 15) is 10.0 Å². The Morgan fingerprint density at radius 2 is 2.31 bits per heavy atom. The smallest absolute Gasteiger partial charge is 0.338 e. The number of primary amides is 1. The standard InChI is InChI=1S/C11H14N2O3/c1-7(13(15)11(12)14)10-6-8-4-2-3-5-9(8)16-10/h2-5,7,10,15H,6H2,1H3,(H2,12,14). The maximum Gasteiger partial charge on any atom is 0.338 e. The van der Waals surface area contributed by atoms with Crippen molar-refractivity contribution in [3.05, 3.63) is 29.8 Å². The average Bonchev–Trinajstić information content (AvgIpc) is 2.70. The van der Waals surface area contributed by atoms with E-state index >= 15 is 0 Å². The van der Waals surface area contributed by atoms with Gasteiger partial charge in [0.15, 0.2) is 0 Å². The first-order valence-electron chi connectivity index (χ1n) is 5.11. The van der Waals surface area contributed by atoms with Gasteiger partial charge in [-0.25, -0.2) is 4.79 Å². The second kappa shape index (κ2) is 4.02. The van der Waals surface area contributed by atoms with Crippen molar-refractivity contribution in [1.82, 2.24) is 5.06 Å². The van der Waals surface area contributed by atoms with E-state index in [-0.39, 0.29) is 6.10 Å². The molecule has 5 heteroatoms. The van der Waals surface area contributed by atoms with Crippen molar-refractivity contribution in [1.29, 1.82) is 0 Å². The molecule has 0 spiro atoms. The summed E-state index contributed by atoms with van der Waals surface area (Å²) >= 11 is 0. The lowest BCUT2D eigenvalue weighted by Crippen LogP contribution is -2.47. The van der Waals surface area contributed by atoms with Crippen LogP contribution in [0, 0.1) is 0 Å². The van der Waals surface area contributed by atoms with Crippen molar-refractivity contribution in [2.24, 2.45) is 5.73 Å². The number of rotatable bonds is 2. The average molecular weight is 222 g/mol. The van der Waals surface area contributed by atoms with Gasteiger partial charge in [0.05, 0.1) is 6.04 Å². The molecule has 1 aliphatic heterocycles. The summed E-state index contributed by atoms with van der Waals surface area (Å²) in [6.45, 7) is 1.70. The van der Waals surface area contributed by atoms with Gasteiger partial charge in [-0.05, 0) is 18.6 Å². The molecular formula is C11H14N2O3. The highest BCUT2D eigenvalue weighted by atomic mass is 16.5. The minimum absolute atomic E-state index is 0.255. The number of para-hydroxylation sites is 1. The molecule has 16 heavy (non-hydrogen) atoms. The number of fused-ring (bicyclic) bond motifs is 1. The van der Waals surface area contributed by atoms with E-state index in [1.54, 1.807) is 6.92 Å². The van der Waals surface area contributed by atoms with Crippen LogP contribution in [0.1, 0.15) is 12.5 Å². The molecule has 2 rings (SSSR count). The van der Waals surface area contributed by atoms with Gasteiger partial charge < -0.3 is 10.5 Å². The summed E-state index contributed by atoms with van der Waals surface area (Å²) in [5, 5.41) is 9.92. The highest BCUT2D eigenvalue weighted by Gasteiger charge is 2.32. The highest BCUT2D eigenvalue weighted by molar-refractivity contribution is 5.71. The quantitative estimate of drug-likeness (QED) is 0.582. The molecule has 1 aromatic carbocycles. The zero-order valence-electron chi connectivity index (χ0n) is 8.96. The second-order valence-corrected chi connectivity index (χ2v) is 3.89. The summed E-state index contributed by atoms with van der Waals surface area (Å²) in [5.41, 5.74) is 6.07. The number of nitrogens with zero attached hydrogens (tertiary/aromatic N) is 1. The van der Waals surface area contributed by atoms with E-state index < -0.39 is 12.1 Å². The lowest BCUT2D eigenvalue weighted by molar-refractivity contribution is -0.0948. The monoisotopic (exact) mass is 222 g/mol. The van der Waals surface area contributed by atoms with E-state index in [1.807, 2.05) is 24.3 Å².